The third kappa shape index (κ3) is 3.32. The van der Waals surface area contributed by atoms with Crippen LogP contribution < -0.4 is 16.0 Å². The summed E-state index contributed by atoms with van der Waals surface area (Å²) in [5, 5.41) is 3.18. The first-order valence-corrected chi connectivity index (χ1v) is 8.34. The van der Waals surface area contributed by atoms with E-state index in [1.807, 2.05) is 31.2 Å². The van der Waals surface area contributed by atoms with E-state index in [1.165, 1.54) is 5.56 Å². The minimum Gasteiger partial charge on any atom is -0.383 e. The highest BCUT2D eigenvalue weighted by atomic mass is 16.2. The zero-order chi connectivity index (χ0) is 17.1. The van der Waals surface area contributed by atoms with Crippen LogP contribution in [0, 0.1) is 6.92 Å². The summed E-state index contributed by atoms with van der Waals surface area (Å²) < 4.78 is 0. The van der Waals surface area contributed by atoms with Gasteiger partial charge in [0.1, 0.15) is 11.6 Å². The first-order chi connectivity index (χ1) is 11.6. The number of amides is 1. The molecule has 0 bridgehead atoms. The predicted molar refractivity (Wildman–Crippen MR) is 95.9 cm³/mol. The van der Waals surface area contributed by atoms with E-state index in [0.29, 0.717) is 24.1 Å². The summed E-state index contributed by atoms with van der Waals surface area (Å²) in [6, 6.07) is 8.16. The zero-order valence-corrected chi connectivity index (χ0v) is 14.2. The van der Waals surface area contributed by atoms with Gasteiger partial charge < -0.3 is 11.1 Å². The van der Waals surface area contributed by atoms with Crippen molar-refractivity contribution in [2.45, 2.75) is 39.7 Å². The van der Waals surface area contributed by atoms with Gasteiger partial charge in [0.25, 0.3) is 0 Å². The van der Waals surface area contributed by atoms with E-state index in [1.54, 1.807) is 4.90 Å². The van der Waals surface area contributed by atoms with Crippen LogP contribution in [0.15, 0.2) is 24.3 Å². The third-order valence-electron chi connectivity index (χ3n) is 4.18. The van der Waals surface area contributed by atoms with Gasteiger partial charge in [-0.1, -0.05) is 43.2 Å². The SMILES string of the molecule is CCCCNc1nc(N)c2c(n1)N(Cc1ccc(C)cc1)C(=O)C2. The Balaban J connectivity index is 1.85. The van der Waals surface area contributed by atoms with Crippen LogP contribution in [-0.4, -0.2) is 22.4 Å². The molecule has 6 heteroatoms. The van der Waals surface area contributed by atoms with Crippen LogP contribution in [-0.2, 0) is 17.8 Å². The average Bonchev–Trinajstić information content (AvgIpc) is 2.87. The topological polar surface area (TPSA) is 84.1 Å². The first-order valence-electron chi connectivity index (χ1n) is 8.34. The molecule has 3 rings (SSSR count). The molecule has 0 unspecified atom stereocenters. The van der Waals surface area contributed by atoms with Crippen LogP contribution in [0.25, 0.3) is 0 Å². The maximum atomic E-state index is 12.4. The fourth-order valence-corrected chi connectivity index (χ4v) is 2.74. The number of aromatic nitrogens is 2. The molecule has 0 aliphatic carbocycles. The summed E-state index contributed by atoms with van der Waals surface area (Å²) in [5.74, 6) is 1.52. The van der Waals surface area contributed by atoms with Gasteiger partial charge in [-0.3, -0.25) is 9.69 Å². The summed E-state index contributed by atoms with van der Waals surface area (Å²) in [6.45, 7) is 5.46. The van der Waals surface area contributed by atoms with Crippen molar-refractivity contribution in [3.63, 3.8) is 0 Å². The molecule has 1 aromatic carbocycles. The Morgan fingerprint density at radius 3 is 2.71 bits per heavy atom. The number of aryl methyl sites for hydroxylation is 1. The van der Waals surface area contributed by atoms with Crippen molar-refractivity contribution >= 4 is 23.5 Å². The lowest BCUT2D eigenvalue weighted by atomic mass is 10.1. The van der Waals surface area contributed by atoms with Crippen LogP contribution in [0.2, 0.25) is 0 Å². The molecule has 0 saturated heterocycles. The Morgan fingerprint density at radius 1 is 1.25 bits per heavy atom. The average molecular weight is 325 g/mol. The van der Waals surface area contributed by atoms with Gasteiger partial charge >= 0.3 is 0 Å². The molecule has 2 heterocycles. The quantitative estimate of drug-likeness (QED) is 0.798. The largest absolute Gasteiger partial charge is 0.383 e. The van der Waals surface area contributed by atoms with Gasteiger partial charge in [0, 0.05) is 12.1 Å². The van der Waals surface area contributed by atoms with Crippen molar-refractivity contribution in [2.24, 2.45) is 0 Å². The molecule has 0 saturated carbocycles. The van der Waals surface area contributed by atoms with Gasteiger partial charge in [0.15, 0.2) is 0 Å². The van der Waals surface area contributed by atoms with Crippen molar-refractivity contribution in [1.82, 2.24) is 9.97 Å². The minimum atomic E-state index is 0.0114. The predicted octanol–water partition coefficient (Wildman–Crippen LogP) is 2.67. The number of carbonyl (C=O) groups excluding carboxylic acids is 1. The van der Waals surface area contributed by atoms with Gasteiger partial charge in [-0.2, -0.15) is 9.97 Å². The summed E-state index contributed by atoms with van der Waals surface area (Å²) >= 11 is 0. The number of hydrogen-bond acceptors (Lipinski definition) is 5. The molecule has 1 aliphatic heterocycles. The number of nitrogens with zero attached hydrogens (tertiary/aromatic N) is 3. The van der Waals surface area contributed by atoms with Crippen molar-refractivity contribution in [1.29, 1.82) is 0 Å². The number of hydrogen-bond donors (Lipinski definition) is 2. The third-order valence-corrected chi connectivity index (χ3v) is 4.18. The molecule has 0 atom stereocenters. The fourth-order valence-electron chi connectivity index (χ4n) is 2.74. The van der Waals surface area contributed by atoms with Gasteiger partial charge in [-0.05, 0) is 18.9 Å². The second kappa shape index (κ2) is 6.86. The van der Waals surface area contributed by atoms with E-state index in [0.717, 1.165) is 30.5 Å². The molecule has 2 aromatic rings. The number of anilines is 3. The van der Waals surface area contributed by atoms with E-state index < -0.39 is 0 Å². The summed E-state index contributed by atoms with van der Waals surface area (Å²) in [5.41, 5.74) is 9.04. The minimum absolute atomic E-state index is 0.0114. The monoisotopic (exact) mass is 325 g/mol. The number of nitrogen functional groups attached to an aromatic ring is 1. The molecule has 0 radical (unpaired) electrons. The zero-order valence-electron chi connectivity index (χ0n) is 14.2. The van der Waals surface area contributed by atoms with Crippen LogP contribution in [0.1, 0.15) is 36.5 Å². The second-order valence-electron chi connectivity index (χ2n) is 6.16. The molecule has 1 aliphatic rings. The normalized spacial score (nSPS) is 13.2. The van der Waals surface area contributed by atoms with Crippen molar-refractivity contribution in [3.05, 3.63) is 41.0 Å². The Labute approximate surface area is 142 Å². The van der Waals surface area contributed by atoms with Gasteiger partial charge in [-0.15, -0.1) is 0 Å². The van der Waals surface area contributed by atoms with Crippen LogP contribution in [0.5, 0.6) is 0 Å². The number of benzene rings is 1. The smallest absolute Gasteiger partial charge is 0.233 e. The molecular formula is C18H23N5O. The highest BCUT2D eigenvalue weighted by Crippen LogP contribution is 2.32. The lowest BCUT2D eigenvalue weighted by molar-refractivity contribution is -0.117. The molecule has 0 spiro atoms. The van der Waals surface area contributed by atoms with E-state index in [-0.39, 0.29) is 12.3 Å². The van der Waals surface area contributed by atoms with Crippen LogP contribution >= 0.6 is 0 Å². The summed E-state index contributed by atoms with van der Waals surface area (Å²) in [7, 11) is 0. The maximum absolute atomic E-state index is 12.4. The second-order valence-corrected chi connectivity index (χ2v) is 6.16. The molecule has 24 heavy (non-hydrogen) atoms. The Hall–Kier alpha value is -2.63. The van der Waals surface area contributed by atoms with E-state index in [9.17, 15) is 4.79 Å². The number of unbranched alkanes of at least 4 members (excludes halogenated alkanes) is 1. The number of rotatable bonds is 6. The molecular weight excluding hydrogens is 302 g/mol. The molecule has 1 aromatic heterocycles. The first kappa shape index (κ1) is 16.2. The number of nitrogens with two attached hydrogens (primary N) is 1. The van der Waals surface area contributed by atoms with E-state index in [4.69, 9.17) is 5.73 Å². The Morgan fingerprint density at radius 2 is 2.00 bits per heavy atom. The van der Waals surface area contributed by atoms with Gasteiger partial charge in [-0.25, -0.2) is 0 Å². The highest BCUT2D eigenvalue weighted by Gasteiger charge is 2.31. The van der Waals surface area contributed by atoms with Crippen molar-refractivity contribution < 1.29 is 4.79 Å². The maximum Gasteiger partial charge on any atom is 0.233 e. The summed E-state index contributed by atoms with van der Waals surface area (Å²) in [6.07, 6.45) is 2.39. The van der Waals surface area contributed by atoms with E-state index >= 15 is 0 Å². The molecule has 3 N–H and O–H groups in total. The van der Waals surface area contributed by atoms with Crippen molar-refractivity contribution in [3.8, 4) is 0 Å². The van der Waals surface area contributed by atoms with Crippen LogP contribution in [0.3, 0.4) is 0 Å². The van der Waals surface area contributed by atoms with E-state index in [2.05, 4.69) is 22.2 Å². The Kier molecular flexibility index (Phi) is 4.64. The van der Waals surface area contributed by atoms with Crippen LogP contribution in [0.4, 0.5) is 17.6 Å². The van der Waals surface area contributed by atoms with Gasteiger partial charge in [0.05, 0.1) is 13.0 Å². The van der Waals surface area contributed by atoms with Crippen molar-refractivity contribution in [2.75, 3.05) is 22.5 Å². The number of carbonyl (C=O) groups is 1. The number of nitrogens with one attached hydrogen (secondary N) is 1. The Bertz CT molecular complexity index is 742. The highest BCUT2D eigenvalue weighted by molar-refractivity contribution is 6.01. The van der Waals surface area contributed by atoms with Gasteiger partial charge in [0.2, 0.25) is 11.9 Å². The molecule has 126 valence electrons. The summed E-state index contributed by atoms with van der Waals surface area (Å²) in [4.78, 5) is 22.9. The fraction of sp³-hybridized carbons (Fsp3) is 0.389. The molecule has 6 nitrogen and oxygen atoms in total. The molecule has 1 amide bonds. The molecule has 0 fully saturated rings. The lowest BCUT2D eigenvalue weighted by Gasteiger charge is -2.17. The standard InChI is InChI=1S/C18H23N5O/c1-3-4-9-20-18-21-16(19)14-10-15(24)23(17(14)22-18)11-13-7-5-12(2)6-8-13/h5-8H,3-4,9-11H2,1-2H3,(H3,19,20,21,22). The number of fused-ring (bicyclic) bond motifs is 1. The lowest BCUT2D eigenvalue weighted by Crippen LogP contribution is -2.26.